The van der Waals surface area contributed by atoms with Crippen LogP contribution in [-0.4, -0.2) is 47.9 Å². The van der Waals surface area contributed by atoms with E-state index in [0.29, 0.717) is 30.6 Å². The first-order valence-electron chi connectivity index (χ1n) is 11.5. The Bertz CT molecular complexity index is 941. The summed E-state index contributed by atoms with van der Waals surface area (Å²) < 4.78 is 6.06. The third-order valence-electron chi connectivity index (χ3n) is 6.43. The number of rotatable bonds is 9. The molecule has 1 aliphatic carbocycles. The molecule has 172 valence electrons. The van der Waals surface area contributed by atoms with Crippen molar-refractivity contribution in [2.75, 3.05) is 26.2 Å². The first kappa shape index (κ1) is 23.1. The highest BCUT2D eigenvalue weighted by atomic mass is 35.5. The van der Waals surface area contributed by atoms with Gasteiger partial charge >= 0.3 is 0 Å². The molecular weight excluding hydrogens is 444 g/mol. The predicted molar refractivity (Wildman–Crippen MR) is 128 cm³/mol. The average Bonchev–Trinajstić information content (AvgIpc) is 3.53. The number of hydrogen-bond acceptors (Lipinski definition) is 4. The second-order valence-corrected chi connectivity index (χ2v) is 10.4. The average molecular weight is 475 g/mol. The van der Waals surface area contributed by atoms with Gasteiger partial charge in [0.1, 0.15) is 12.4 Å². The first-order valence-corrected chi connectivity index (χ1v) is 12.7. The van der Waals surface area contributed by atoms with Crippen LogP contribution in [0.25, 0.3) is 0 Å². The van der Waals surface area contributed by atoms with Gasteiger partial charge in [-0.2, -0.15) is 0 Å². The number of amides is 2. The highest BCUT2D eigenvalue weighted by Gasteiger charge is 2.37. The van der Waals surface area contributed by atoms with Crippen molar-refractivity contribution < 1.29 is 14.3 Å². The molecule has 32 heavy (non-hydrogen) atoms. The van der Waals surface area contributed by atoms with Crippen molar-refractivity contribution in [2.24, 2.45) is 11.8 Å². The summed E-state index contributed by atoms with van der Waals surface area (Å²) in [5.41, 5.74) is 1.16. The van der Waals surface area contributed by atoms with Crippen LogP contribution in [0.2, 0.25) is 5.02 Å². The van der Waals surface area contributed by atoms with Gasteiger partial charge in [0.15, 0.2) is 0 Å². The quantitative estimate of drug-likeness (QED) is 0.502. The van der Waals surface area contributed by atoms with Crippen LogP contribution < -0.4 is 4.74 Å². The molecule has 2 aromatic rings. The lowest BCUT2D eigenvalue weighted by atomic mass is 10.00. The van der Waals surface area contributed by atoms with Crippen LogP contribution in [0, 0.1) is 11.8 Å². The maximum Gasteiger partial charge on any atom is 0.242 e. The molecule has 4 rings (SSSR count). The molecular formula is C25H31ClN2O3S. The van der Waals surface area contributed by atoms with Gasteiger partial charge in [-0.1, -0.05) is 31.9 Å². The number of thiophene rings is 1. The number of nitrogens with zero attached hydrogens (tertiary/aromatic N) is 2. The van der Waals surface area contributed by atoms with Gasteiger partial charge in [0.2, 0.25) is 11.8 Å². The molecule has 1 aromatic heterocycles. The van der Waals surface area contributed by atoms with Gasteiger partial charge in [-0.3, -0.25) is 9.59 Å². The van der Waals surface area contributed by atoms with E-state index >= 15 is 0 Å². The van der Waals surface area contributed by atoms with Crippen LogP contribution in [0.15, 0.2) is 35.7 Å². The molecule has 1 fully saturated rings. The molecule has 2 heterocycles. The zero-order valence-corrected chi connectivity index (χ0v) is 20.3. The number of benzene rings is 1. The second kappa shape index (κ2) is 10.3. The van der Waals surface area contributed by atoms with E-state index in [1.165, 1.54) is 4.88 Å². The zero-order chi connectivity index (χ0) is 22.7. The van der Waals surface area contributed by atoms with Crippen molar-refractivity contribution in [3.05, 3.63) is 51.2 Å². The van der Waals surface area contributed by atoms with Crippen molar-refractivity contribution in [1.82, 2.24) is 9.80 Å². The summed E-state index contributed by atoms with van der Waals surface area (Å²) >= 11 is 7.72. The number of carbonyl (C=O) groups is 2. The Labute approximate surface area is 199 Å². The van der Waals surface area contributed by atoms with Gasteiger partial charge < -0.3 is 14.5 Å². The van der Waals surface area contributed by atoms with Gasteiger partial charge in [0.05, 0.1) is 12.6 Å². The van der Waals surface area contributed by atoms with Crippen molar-refractivity contribution in [3.8, 4) is 5.75 Å². The molecule has 0 spiro atoms. The maximum absolute atomic E-state index is 13.5. The SMILES string of the molecule is CC[C@H](C)CN(CC(=O)N1CCc2sccc2[C@@H]1COc1ccc(Cl)cc1)C(=O)C1CC1. The molecule has 2 aliphatic rings. The minimum atomic E-state index is -0.158. The Hall–Kier alpha value is -2.05. The summed E-state index contributed by atoms with van der Waals surface area (Å²) in [6.45, 7) is 6.07. The van der Waals surface area contributed by atoms with Crippen LogP contribution in [0.5, 0.6) is 5.75 Å². The van der Waals surface area contributed by atoms with E-state index in [2.05, 4.69) is 25.3 Å². The summed E-state index contributed by atoms with van der Waals surface area (Å²) in [7, 11) is 0. The third kappa shape index (κ3) is 5.46. The minimum Gasteiger partial charge on any atom is -0.491 e. The molecule has 1 saturated carbocycles. The van der Waals surface area contributed by atoms with Gasteiger partial charge in [-0.25, -0.2) is 0 Å². The Morgan fingerprint density at radius 1 is 1.25 bits per heavy atom. The molecule has 0 unspecified atom stereocenters. The fraction of sp³-hybridized carbons (Fsp3) is 0.520. The van der Waals surface area contributed by atoms with Crippen molar-refractivity contribution in [1.29, 1.82) is 0 Å². The van der Waals surface area contributed by atoms with Gasteiger partial charge in [0.25, 0.3) is 0 Å². The Balaban J connectivity index is 1.49. The lowest BCUT2D eigenvalue weighted by Crippen LogP contribution is -2.48. The molecule has 5 nitrogen and oxygen atoms in total. The van der Waals surface area contributed by atoms with E-state index in [0.717, 1.165) is 37.0 Å². The Kier molecular flexibility index (Phi) is 7.41. The molecule has 7 heteroatoms. The van der Waals surface area contributed by atoms with Crippen molar-refractivity contribution in [2.45, 2.75) is 45.6 Å². The largest absolute Gasteiger partial charge is 0.491 e. The lowest BCUT2D eigenvalue weighted by Gasteiger charge is -2.37. The van der Waals surface area contributed by atoms with E-state index in [1.54, 1.807) is 28.4 Å². The van der Waals surface area contributed by atoms with Gasteiger partial charge in [-0.15, -0.1) is 11.3 Å². The molecule has 0 N–H and O–H groups in total. The Morgan fingerprint density at radius 3 is 2.69 bits per heavy atom. The zero-order valence-electron chi connectivity index (χ0n) is 18.8. The van der Waals surface area contributed by atoms with E-state index in [9.17, 15) is 9.59 Å². The number of ether oxygens (including phenoxy) is 1. The van der Waals surface area contributed by atoms with E-state index in [4.69, 9.17) is 16.3 Å². The Morgan fingerprint density at radius 2 is 2.00 bits per heavy atom. The van der Waals surface area contributed by atoms with Crippen LogP contribution in [0.4, 0.5) is 0 Å². The van der Waals surface area contributed by atoms with E-state index < -0.39 is 0 Å². The molecule has 0 radical (unpaired) electrons. The van der Waals surface area contributed by atoms with Crippen LogP contribution >= 0.6 is 22.9 Å². The molecule has 0 bridgehead atoms. The predicted octanol–water partition coefficient (Wildman–Crippen LogP) is 5.19. The molecule has 2 atom stereocenters. The summed E-state index contributed by atoms with van der Waals surface area (Å²) in [4.78, 5) is 31.4. The lowest BCUT2D eigenvalue weighted by molar-refractivity contribution is -0.143. The third-order valence-corrected chi connectivity index (χ3v) is 7.68. The van der Waals surface area contributed by atoms with Crippen LogP contribution in [0.1, 0.15) is 49.6 Å². The van der Waals surface area contributed by atoms with Gasteiger partial charge in [-0.05, 0) is 66.5 Å². The maximum atomic E-state index is 13.5. The highest BCUT2D eigenvalue weighted by Crippen LogP contribution is 2.35. The molecule has 0 saturated heterocycles. The number of carbonyl (C=O) groups excluding carboxylic acids is 2. The highest BCUT2D eigenvalue weighted by molar-refractivity contribution is 7.10. The normalized spacial score (nSPS) is 18.7. The fourth-order valence-corrected chi connectivity index (χ4v) is 5.22. The molecule has 1 aliphatic heterocycles. The topological polar surface area (TPSA) is 49.9 Å². The van der Waals surface area contributed by atoms with Crippen molar-refractivity contribution in [3.63, 3.8) is 0 Å². The monoisotopic (exact) mass is 474 g/mol. The smallest absolute Gasteiger partial charge is 0.242 e. The van der Waals surface area contributed by atoms with Gasteiger partial charge in [0, 0.05) is 28.9 Å². The minimum absolute atomic E-state index is 0.00357. The summed E-state index contributed by atoms with van der Waals surface area (Å²) in [5.74, 6) is 1.36. The summed E-state index contributed by atoms with van der Waals surface area (Å²) in [6, 6.07) is 9.22. The van der Waals surface area contributed by atoms with Crippen LogP contribution in [-0.2, 0) is 16.0 Å². The van der Waals surface area contributed by atoms with E-state index in [1.807, 2.05) is 17.0 Å². The van der Waals surface area contributed by atoms with E-state index in [-0.39, 0.29) is 30.3 Å². The first-order chi connectivity index (χ1) is 15.5. The standard InChI is InChI=1S/C25H31ClN2O3S/c1-3-17(2)14-27(25(30)18-4-5-18)15-24(29)28-12-10-23-21(11-13-32-23)22(28)16-31-20-8-6-19(26)7-9-20/h6-9,11,13,17-18,22H,3-5,10,12,14-16H2,1-2H3/t17-,22-/m0/s1. The summed E-state index contributed by atoms with van der Waals surface area (Å²) in [5, 5.41) is 2.74. The molecule has 2 amide bonds. The second-order valence-electron chi connectivity index (χ2n) is 8.92. The number of hydrogen-bond donors (Lipinski definition) is 0. The fourth-order valence-electron chi connectivity index (χ4n) is 4.16. The number of halogens is 1. The van der Waals surface area contributed by atoms with Crippen LogP contribution in [0.3, 0.4) is 0 Å². The number of fused-ring (bicyclic) bond motifs is 1. The summed E-state index contributed by atoms with van der Waals surface area (Å²) in [6.07, 6.45) is 3.73. The van der Waals surface area contributed by atoms with Crippen molar-refractivity contribution >= 4 is 34.8 Å². The molecule has 1 aromatic carbocycles.